The third-order valence-electron chi connectivity index (χ3n) is 6.28. The van der Waals surface area contributed by atoms with Crippen LogP contribution in [-0.2, 0) is 24.2 Å². The number of anilines is 2. The smallest absolute Gasteiger partial charge is 0.242 e. The van der Waals surface area contributed by atoms with Crippen molar-refractivity contribution in [3.05, 3.63) is 89.6 Å². The summed E-state index contributed by atoms with van der Waals surface area (Å²) in [4.78, 5) is 15.5. The summed E-state index contributed by atoms with van der Waals surface area (Å²) in [5.41, 5.74) is 4.35. The summed E-state index contributed by atoms with van der Waals surface area (Å²) in [6, 6.07) is 20.3. The van der Waals surface area contributed by atoms with Crippen LogP contribution in [0, 0.1) is 0 Å². The molecule has 1 saturated carbocycles. The Kier molecular flexibility index (Phi) is 5.26. The van der Waals surface area contributed by atoms with Crippen molar-refractivity contribution in [1.82, 2.24) is 14.8 Å². The molecule has 2 aliphatic rings. The first-order valence-electron chi connectivity index (χ1n) is 11.3. The highest BCUT2D eigenvalue weighted by molar-refractivity contribution is 7.99. The van der Waals surface area contributed by atoms with Crippen molar-refractivity contribution in [2.24, 2.45) is 0 Å². The van der Waals surface area contributed by atoms with E-state index in [9.17, 15) is 4.79 Å². The van der Waals surface area contributed by atoms with Gasteiger partial charge in [-0.15, -0.1) is 10.2 Å². The highest BCUT2D eigenvalue weighted by Crippen LogP contribution is 2.41. The molecule has 0 spiro atoms. The van der Waals surface area contributed by atoms with Gasteiger partial charge in [0, 0.05) is 5.92 Å². The lowest BCUT2D eigenvalue weighted by Gasteiger charge is -2.25. The number of carbonyl (C=O) groups excluding carboxylic acids is 1. The molecule has 0 radical (unpaired) electrons. The molecule has 6 nitrogen and oxygen atoms in total. The molecule has 0 saturated heterocycles. The molecule has 2 aromatic heterocycles. The predicted molar refractivity (Wildman–Crippen MR) is 128 cm³/mol. The Labute approximate surface area is 196 Å². The molecule has 166 valence electrons. The maximum Gasteiger partial charge on any atom is 0.242 e. The van der Waals surface area contributed by atoms with Crippen LogP contribution >= 0.6 is 11.8 Å². The Morgan fingerprint density at radius 3 is 2.27 bits per heavy atom. The average Bonchev–Trinajstić information content (AvgIpc) is 3.46. The number of furan rings is 1. The van der Waals surface area contributed by atoms with Crippen LogP contribution < -0.4 is 4.90 Å². The van der Waals surface area contributed by atoms with E-state index in [0.717, 1.165) is 53.8 Å². The molecule has 0 N–H and O–H groups in total. The van der Waals surface area contributed by atoms with Crippen LogP contribution in [0.5, 0.6) is 0 Å². The number of fused-ring (bicyclic) bond motifs is 2. The minimum absolute atomic E-state index is 0.0438. The first-order valence-corrected chi connectivity index (χ1v) is 12.3. The van der Waals surface area contributed by atoms with Gasteiger partial charge in [-0.3, -0.25) is 14.3 Å². The lowest BCUT2D eigenvalue weighted by atomic mass is 10.0. The second-order valence-corrected chi connectivity index (χ2v) is 9.50. The number of thioether (sulfide) groups is 1. The fraction of sp³-hybridized carbons (Fsp3) is 0.269. The Balaban J connectivity index is 1.29. The van der Waals surface area contributed by atoms with Crippen LogP contribution in [0.15, 0.2) is 76.5 Å². The SMILES string of the molecule is O=C(CSc1nnc(C2CC2)n1Cc1ccco1)N1c2ccccc2CCc2ccccc21. The monoisotopic (exact) mass is 456 g/mol. The molecule has 1 amide bonds. The molecule has 1 aliphatic heterocycles. The van der Waals surface area contributed by atoms with Crippen molar-refractivity contribution in [2.45, 2.75) is 43.3 Å². The molecule has 1 fully saturated rings. The van der Waals surface area contributed by atoms with E-state index >= 15 is 0 Å². The third-order valence-corrected chi connectivity index (χ3v) is 7.24. The zero-order valence-electron chi connectivity index (χ0n) is 18.2. The van der Waals surface area contributed by atoms with E-state index < -0.39 is 0 Å². The topological polar surface area (TPSA) is 64.2 Å². The minimum Gasteiger partial charge on any atom is -0.467 e. The first-order chi connectivity index (χ1) is 16.3. The molecule has 7 heteroatoms. The Morgan fingerprint density at radius 2 is 1.64 bits per heavy atom. The second kappa shape index (κ2) is 8.56. The maximum atomic E-state index is 13.7. The van der Waals surface area contributed by atoms with E-state index in [-0.39, 0.29) is 11.7 Å². The van der Waals surface area contributed by atoms with Crippen molar-refractivity contribution in [3.63, 3.8) is 0 Å². The fourth-order valence-corrected chi connectivity index (χ4v) is 5.29. The van der Waals surface area contributed by atoms with E-state index in [4.69, 9.17) is 4.42 Å². The molecule has 1 aliphatic carbocycles. The summed E-state index contributed by atoms with van der Waals surface area (Å²) < 4.78 is 7.68. The molecular weight excluding hydrogens is 432 g/mol. The fourth-order valence-electron chi connectivity index (χ4n) is 4.50. The van der Waals surface area contributed by atoms with E-state index in [1.165, 1.54) is 22.9 Å². The number of aryl methyl sites for hydroxylation is 2. The predicted octanol–water partition coefficient (Wildman–Crippen LogP) is 5.35. The summed E-state index contributed by atoms with van der Waals surface area (Å²) in [5, 5.41) is 9.67. The van der Waals surface area contributed by atoms with Crippen molar-refractivity contribution in [3.8, 4) is 0 Å². The van der Waals surface area contributed by atoms with E-state index in [1.807, 2.05) is 53.4 Å². The van der Waals surface area contributed by atoms with Gasteiger partial charge in [-0.2, -0.15) is 0 Å². The number of hydrogen-bond acceptors (Lipinski definition) is 5. The number of hydrogen-bond donors (Lipinski definition) is 0. The summed E-state index contributed by atoms with van der Waals surface area (Å²) in [6.45, 7) is 0.581. The Morgan fingerprint density at radius 1 is 0.939 bits per heavy atom. The lowest BCUT2D eigenvalue weighted by Crippen LogP contribution is -2.28. The zero-order valence-corrected chi connectivity index (χ0v) is 19.0. The standard InChI is InChI=1S/C26H24N4O2S/c31-24(30-22-9-3-1-6-18(22)11-12-19-7-2-4-10-23(19)30)17-33-26-28-27-25(20-13-14-20)29(26)16-21-8-5-15-32-21/h1-10,15,20H,11-14,16-17H2. The number of aromatic nitrogens is 3. The minimum atomic E-state index is 0.0438. The van der Waals surface area contributed by atoms with Gasteiger partial charge in [-0.1, -0.05) is 48.2 Å². The van der Waals surface area contributed by atoms with E-state index in [1.54, 1.807) is 6.26 Å². The van der Waals surface area contributed by atoms with Crippen LogP contribution in [-0.4, -0.2) is 26.4 Å². The van der Waals surface area contributed by atoms with E-state index in [2.05, 4.69) is 26.9 Å². The molecule has 33 heavy (non-hydrogen) atoms. The molecule has 3 heterocycles. The van der Waals surface area contributed by atoms with Gasteiger partial charge in [-0.25, -0.2) is 0 Å². The van der Waals surface area contributed by atoms with Crippen LogP contribution in [0.4, 0.5) is 11.4 Å². The molecule has 2 aromatic carbocycles. The highest BCUT2D eigenvalue weighted by atomic mass is 32.2. The Bertz CT molecular complexity index is 1250. The third kappa shape index (κ3) is 3.97. The number of rotatable bonds is 6. The molecule has 0 bridgehead atoms. The summed E-state index contributed by atoms with van der Waals surface area (Å²) >= 11 is 1.45. The van der Waals surface area contributed by atoms with Crippen LogP contribution in [0.1, 0.15) is 41.5 Å². The molecular formula is C26H24N4O2S. The number of carbonyl (C=O) groups is 1. The average molecular weight is 457 g/mol. The maximum absolute atomic E-state index is 13.7. The van der Waals surface area contributed by atoms with Crippen molar-refractivity contribution in [1.29, 1.82) is 0 Å². The second-order valence-electron chi connectivity index (χ2n) is 8.56. The van der Waals surface area contributed by atoms with Gasteiger partial charge < -0.3 is 4.42 Å². The largest absolute Gasteiger partial charge is 0.467 e. The number of benzene rings is 2. The summed E-state index contributed by atoms with van der Waals surface area (Å²) in [7, 11) is 0. The van der Waals surface area contributed by atoms with Crippen LogP contribution in [0.25, 0.3) is 0 Å². The molecule has 0 unspecified atom stereocenters. The summed E-state index contributed by atoms with van der Waals surface area (Å²) in [6.07, 6.45) is 5.81. The van der Waals surface area contributed by atoms with E-state index in [0.29, 0.717) is 12.5 Å². The quantitative estimate of drug-likeness (QED) is 0.366. The van der Waals surface area contributed by atoms with Gasteiger partial charge in [0.05, 0.1) is 29.9 Å². The van der Waals surface area contributed by atoms with Gasteiger partial charge in [0.25, 0.3) is 0 Å². The van der Waals surface area contributed by atoms with Crippen LogP contribution in [0.2, 0.25) is 0 Å². The number of amides is 1. The van der Waals surface area contributed by atoms with Crippen molar-refractivity contribution >= 4 is 29.0 Å². The first kappa shape index (κ1) is 20.3. The van der Waals surface area contributed by atoms with Gasteiger partial charge in [0.2, 0.25) is 5.91 Å². The highest BCUT2D eigenvalue weighted by Gasteiger charge is 2.31. The normalized spacial score (nSPS) is 15.1. The number of nitrogens with zero attached hydrogens (tertiary/aromatic N) is 4. The summed E-state index contributed by atoms with van der Waals surface area (Å²) in [5.74, 6) is 2.64. The lowest BCUT2D eigenvalue weighted by molar-refractivity contribution is -0.115. The van der Waals surface area contributed by atoms with Gasteiger partial charge >= 0.3 is 0 Å². The molecule has 0 atom stereocenters. The number of para-hydroxylation sites is 2. The zero-order chi connectivity index (χ0) is 22.2. The van der Waals surface area contributed by atoms with Gasteiger partial charge in [0.15, 0.2) is 5.16 Å². The molecule has 6 rings (SSSR count). The molecule has 4 aromatic rings. The van der Waals surface area contributed by atoms with Crippen molar-refractivity contribution < 1.29 is 9.21 Å². The van der Waals surface area contributed by atoms with Crippen LogP contribution in [0.3, 0.4) is 0 Å². The van der Waals surface area contributed by atoms with Crippen molar-refractivity contribution in [2.75, 3.05) is 10.7 Å². The van der Waals surface area contributed by atoms with Gasteiger partial charge in [0.1, 0.15) is 11.6 Å². The Hall–Kier alpha value is -3.32. The van der Waals surface area contributed by atoms with Gasteiger partial charge in [-0.05, 0) is 61.1 Å².